The Kier molecular flexibility index (Phi) is 5.38. The van der Waals surface area contributed by atoms with E-state index in [0.29, 0.717) is 18.0 Å². The van der Waals surface area contributed by atoms with E-state index in [1.165, 1.54) is 0 Å². The first-order chi connectivity index (χ1) is 12.0. The summed E-state index contributed by atoms with van der Waals surface area (Å²) in [6.07, 6.45) is 3.88. The van der Waals surface area contributed by atoms with Gasteiger partial charge in [-0.2, -0.15) is 0 Å². The van der Waals surface area contributed by atoms with Gasteiger partial charge in [-0.25, -0.2) is 0 Å². The third-order valence-corrected chi connectivity index (χ3v) is 4.71. The highest BCUT2D eigenvalue weighted by atomic mass is 16.3. The number of H-pyrrole nitrogens is 1. The van der Waals surface area contributed by atoms with Crippen LogP contribution in [0.1, 0.15) is 40.2 Å². The van der Waals surface area contributed by atoms with Crippen molar-refractivity contribution in [3.63, 3.8) is 0 Å². The lowest BCUT2D eigenvalue weighted by Gasteiger charge is -2.32. The molecule has 3 heterocycles. The number of hydrogen-bond acceptors (Lipinski definition) is 4. The number of aromatic nitrogens is 1. The molecule has 6 nitrogen and oxygen atoms in total. The van der Waals surface area contributed by atoms with Crippen LogP contribution >= 0.6 is 0 Å². The van der Waals surface area contributed by atoms with Crippen LogP contribution < -0.4 is 10.9 Å². The fourth-order valence-corrected chi connectivity index (χ4v) is 3.55. The Morgan fingerprint density at radius 1 is 1.44 bits per heavy atom. The number of rotatable bonds is 5. The van der Waals surface area contributed by atoms with Crippen molar-refractivity contribution in [3.8, 4) is 0 Å². The van der Waals surface area contributed by atoms with E-state index in [0.717, 1.165) is 43.9 Å². The average molecular weight is 343 g/mol. The molecule has 134 valence electrons. The predicted octanol–water partition coefficient (Wildman–Crippen LogP) is 2.23. The Morgan fingerprint density at radius 2 is 2.28 bits per heavy atom. The number of amides is 1. The van der Waals surface area contributed by atoms with Crippen molar-refractivity contribution in [1.82, 2.24) is 15.2 Å². The van der Waals surface area contributed by atoms with Crippen molar-refractivity contribution in [2.24, 2.45) is 5.92 Å². The highest BCUT2D eigenvalue weighted by Gasteiger charge is 2.22. The molecule has 25 heavy (non-hydrogen) atoms. The van der Waals surface area contributed by atoms with Crippen molar-refractivity contribution < 1.29 is 9.21 Å². The predicted molar refractivity (Wildman–Crippen MR) is 95.6 cm³/mol. The maximum Gasteiger partial charge on any atom is 0.261 e. The number of nitrogens with one attached hydrogen (secondary N) is 2. The first kappa shape index (κ1) is 17.5. The lowest BCUT2D eigenvalue weighted by atomic mass is 9.97. The lowest BCUT2D eigenvalue weighted by Crippen LogP contribution is -2.41. The number of aryl methyl sites for hydroxylation is 2. The van der Waals surface area contributed by atoms with Gasteiger partial charge >= 0.3 is 0 Å². The van der Waals surface area contributed by atoms with Crippen molar-refractivity contribution in [2.75, 3.05) is 19.6 Å². The zero-order valence-corrected chi connectivity index (χ0v) is 14.8. The van der Waals surface area contributed by atoms with Crippen molar-refractivity contribution in [3.05, 3.63) is 57.4 Å². The van der Waals surface area contributed by atoms with Crippen LogP contribution in [0.3, 0.4) is 0 Å². The normalized spacial score (nSPS) is 18.2. The summed E-state index contributed by atoms with van der Waals surface area (Å²) in [5.41, 5.74) is 1.37. The quantitative estimate of drug-likeness (QED) is 0.873. The minimum atomic E-state index is -0.321. The van der Waals surface area contributed by atoms with E-state index >= 15 is 0 Å². The van der Waals surface area contributed by atoms with Crippen LogP contribution in [0.2, 0.25) is 0 Å². The maximum absolute atomic E-state index is 12.4. The molecule has 1 unspecified atom stereocenters. The first-order valence-electron chi connectivity index (χ1n) is 8.76. The van der Waals surface area contributed by atoms with Gasteiger partial charge in [0.05, 0.1) is 12.8 Å². The highest BCUT2D eigenvalue weighted by Crippen LogP contribution is 2.18. The molecule has 2 N–H and O–H groups in total. The van der Waals surface area contributed by atoms with Gasteiger partial charge in [-0.3, -0.25) is 14.5 Å². The van der Waals surface area contributed by atoms with Gasteiger partial charge in [0.2, 0.25) is 0 Å². The fourth-order valence-electron chi connectivity index (χ4n) is 3.55. The van der Waals surface area contributed by atoms with Crippen molar-refractivity contribution >= 4 is 5.91 Å². The summed E-state index contributed by atoms with van der Waals surface area (Å²) in [5, 5.41) is 2.94. The van der Waals surface area contributed by atoms with Gasteiger partial charge in [-0.05, 0) is 62.9 Å². The fraction of sp³-hybridized carbons (Fsp3) is 0.474. The van der Waals surface area contributed by atoms with Gasteiger partial charge < -0.3 is 14.7 Å². The monoisotopic (exact) mass is 343 g/mol. The molecule has 1 amide bonds. The number of pyridine rings is 1. The minimum Gasteiger partial charge on any atom is -0.468 e. The number of furan rings is 1. The molecule has 0 aliphatic carbocycles. The SMILES string of the molecule is Cc1cc(C)c(C(=O)NCC2CCCN(Cc3ccco3)C2)c(=O)[nH]1. The number of hydrogen-bond donors (Lipinski definition) is 2. The number of aromatic amines is 1. The maximum atomic E-state index is 12.4. The average Bonchev–Trinajstić information content (AvgIpc) is 3.05. The van der Waals surface area contributed by atoms with E-state index in [9.17, 15) is 9.59 Å². The molecule has 0 radical (unpaired) electrons. The number of likely N-dealkylation sites (tertiary alicyclic amines) is 1. The molecule has 0 bridgehead atoms. The Hall–Kier alpha value is -2.34. The van der Waals surface area contributed by atoms with Crippen LogP contribution in [0.15, 0.2) is 33.7 Å². The molecule has 1 atom stereocenters. The van der Waals surface area contributed by atoms with E-state index in [4.69, 9.17) is 4.42 Å². The van der Waals surface area contributed by atoms with Gasteiger partial charge in [0, 0.05) is 18.8 Å². The second-order valence-corrected chi connectivity index (χ2v) is 6.87. The van der Waals surface area contributed by atoms with Gasteiger partial charge in [0.25, 0.3) is 11.5 Å². The molecular formula is C19H25N3O3. The van der Waals surface area contributed by atoms with Crippen LogP contribution in [0.5, 0.6) is 0 Å². The zero-order chi connectivity index (χ0) is 17.8. The third-order valence-electron chi connectivity index (χ3n) is 4.71. The summed E-state index contributed by atoms with van der Waals surface area (Å²) in [6.45, 7) is 6.95. The molecule has 6 heteroatoms. The minimum absolute atomic E-state index is 0.217. The zero-order valence-electron chi connectivity index (χ0n) is 14.8. The van der Waals surface area contributed by atoms with Gasteiger partial charge in [-0.15, -0.1) is 0 Å². The summed E-state index contributed by atoms with van der Waals surface area (Å²) in [7, 11) is 0. The Bertz CT molecular complexity index is 780. The summed E-state index contributed by atoms with van der Waals surface area (Å²) in [5.74, 6) is 1.06. The third kappa shape index (κ3) is 4.39. The second kappa shape index (κ2) is 7.70. The van der Waals surface area contributed by atoms with E-state index in [1.807, 2.05) is 25.1 Å². The summed E-state index contributed by atoms with van der Waals surface area (Å²) in [6, 6.07) is 5.71. The Balaban J connectivity index is 1.56. The van der Waals surface area contributed by atoms with Gasteiger partial charge in [0.15, 0.2) is 0 Å². The Labute approximate surface area is 147 Å². The van der Waals surface area contributed by atoms with E-state index in [1.54, 1.807) is 13.2 Å². The van der Waals surface area contributed by atoms with Crippen LogP contribution in [0.25, 0.3) is 0 Å². The van der Waals surface area contributed by atoms with Crippen LogP contribution in [0, 0.1) is 19.8 Å². The topological polar surface area (TPSA) is 78.3 Å². The molecule has 0 spiro atoms. The molecule has 0 saturated carbocycles. The van der Waals surface area contributed by atoms with Crippen molar-refractivity contribution in [2.45, 2.75) is 33.2 Å². The lowest BCUT2D eigenvalue weighted by molar-refractivity contribution is 0.0926. The molecule has 1 aliphatic rings. The van der Waals surface area contributed by atoms with Crippen LogP contribution in [0.4, 0.5) is 0 Å². The number of nitrogens with zero attached hydrogens (tertiary/aromatic N) is 1. The molecule has 2 aromatic rings. The standard InChI is InChI=1S/C19H25N3O3/c1-13-9-14(2)21-19(24)17(13)18(23)20-10-15-5-3-7-22(11-15)12-16-6-4-8-25-16/h4,6,8-9,15H,3,5,7,10-12H2,1-2H3,(H,20,23)(H,21,24). The van der Waals surface area contributed by atoms with Crippen LogP contribution in [-0.4, -0.2) is 35.4 Å². The molecule has 1 aliphatic heterocycles. The largest absolute Gasteiger partial charge is 0.468 e. The van der Waals surface area contributed by atoms with E-state index in [-0.39, 0.29) is 17.0 Å². The number of carbonyl (C=O) groups excluding carboxylic acids is 1. The molecular weight excluding hydrogens is 318 g/mol. The number of carbonyl (C=O) groups is 1. The Morgan fingerprint density at radius 3 is 3.00 bits per heavy atom. The molecule has 0 aromatic carbocycles. The smallest absolute Gasteiger partial charge is 0.261 e. The van der Waals surface area contributed by atoms with Crippen LogP contribution in [-0.2, 0) is 6.54 Å². The van der Waals surface area contributed by atoms with Crippen molar-refractivity contribution in [1.29, 1.82) is 0 Å². The molecule has 1 fully saturated rings. The summed E-state index contributed by atoms with van der Waals surface area (Å²) in [4.78, 5) is 29.5. The number of piperidine rings is 1. The van der Waals surface area contributed by atoms with Gasteiger partial charge in [-0.1, -0.05) is 0 Å². The van der Waals surface area contributed by atoms with E-state index in [2.05, 4.69) is 15.2 Å². The molecule has 3 rings (SSSR count). The first-order valence-corrected chi connectivity index (χ1v) is 8.76. The highest BCUT2D eigenvalue weighted by molar-refractivity contribution is 5.95. The summed E-state index contributed by atoms with van der Waals surface area (Å²) >= 11 is 0. The van der Waals surface area contributed by atoms with Gasteiger partial charge in [0.1, 0.15) is 11.3 Å². The molecule has 1 saturated heterocycles. The van der Waals surface area contributed by atoms with E-state index < -0.39 is 0 Å². The summed E-state index contributed by atoms with van der Waals surface area (Å²) < 4.78 is 5.41. The second-order valence-electron chi connectivity index (χ2n) is 6.87. The molecule has 2 aromatic heterocycles.